The molecule has 8 heteroatoms. The van der Waals surface area contributed by atoms with Gasteiger partial charge in [-0.3, -0.25) is 9.78 Å². The Bertz CT molecular complexity index is 439. The Hall–Kier alpha value is -0.820. The lowest BCUT2D eigenvalue weighted by Crippen LogP contribution is -2.12. The van der Waals surface area contributed by atoms with Crippen molar-refractivity contribution in [1.29, 1.82) is 0 Å². The fraction of sp³-hybridized carbons (Fsp3) is 0.333. The van der Waals surface area contributed by atoms with E-state index in [1.54, 1.807) is 0 Å². The maximum Gasteiger partial charge on any atom is 0.417 e. The van der Waals surface area contributed by atoms with E-state index >= 15 is 0 Å². The molecule has 0 radical (unpaired) electrons. The van der Waals surface area contributed by atoms with Gasteiger partial charge in [-0.1, -0.05) is 27.5 Å². The van der Waals surface area contributed by atoms with Crippen molar-refractivity contribution in [3.8, 4) is 0 Å². The van der Waals surface area contributed by atoms with E-state index in [-0.39, 0.29) is 10.7 Å². The minimum Gasteiger partial charge on any atom is -0.468 e. The molecule has 1 heterocycles. The smallest absolute Gasteiger partial charge is 0.417 e. The van der Waals surface area contributed by atoms with E-state index in [0.717, 1.165) is 7.11 Å². The highest BCUT2D eigenvalue weighted by atomic mass is 79.9. The van der Waals surface area contributed by atoms with Crippen molar-refractivity contribution in [2.24, 2.45) is 0 Å². The van der Waals surface area contributed by atoms with Crippen molar-refractivity contribution in [2.75, 3.05) is 7.11 Å². The third-order valence-electron chi connectivity index (χ3n) is 1.85. The normalized spacial score (nSPS) is 13.3. The summed E-state index contributed by atoms with van der Waals surface area (Å²) in [6, 6.07) is 0.709. The summed E-state index contributed by atoms with van der Waals surface area (Å²) in [6.07, 6.45) is -3.92. The molecule has 3 nitrogen and oxygen atoms in total. The molecule has 17 heavy (non-hydrogen) atoms. The highest BCUT2D eigenvalue weighted by molar-refractivity contribution is 9.09. The molecule has 0 saturated carbocycles. The van der Waals surface area contributed by atoms with Crippen molar-refractivity contribution in [3.05, 3.63) is 28.5 Å². The topological polar surface area (TPSA) is 39.2 Å². The molecule has 0 N–H and O–H groups in total. The lowest BCUT2D eigenvalue weighted by molar-refractivity contribution is -0.140. The lowest BCUT2D eigenvalue weighted by Gasteiger charge is -2.11. The molecule has 1 unspecified atom stereocenters. The van der Waals surface area contributed by atoms with Crippen LogP contribution >= 0.6 is 27.5 Å². The molecular weight excluding hydrogens is 326 g/mol. The molecular formula is C9H6BrClF3NO2. The standard InChI is InChI=1S/C9H6BrClF3NO2/c1-17-8(16)6(10)7-5(11)2-4(3-15-7)9(12,13)14/h2-3,6H,1H3. The van der Waals surface area contributed by atoms with E-state index in [2.05, 4.69) is 25.7 Å². The van der Waals surface area contributed by atoms with Crippen LogP contribution in [0.4, 0.5) is 13.2 Å². The number of esters is 1. The van der Waals surface area contributed by atoms with Crippen molar-refractivity contribution >= 4 is 33.5 Å². The monoisotopic (exact) mass is 331 g/mol. The van der Waals surface area contributed by atoms with Crippen LogP contribution in [-0.2, 0) is 15.7 Å². The molecule has 0 amide bonds. The van der Waals surface area contributed by atoms with Gasteiger partial charge in [0.05, 0.1) is 23.4 Å². The Morgan fingerprint density at radius 3 is 2.59 bits per heavy atom. The number of methoxy groups -OCH3 is 1. The fourth-order valence-corrected chi connectivity index (χ4v) is 1.96. The number of aromatic nitrogens is 1. The number of hydrogen-bond donors (Lipinski definition) is 0. The Kier molecular flexibility index (Phi) is 4.37. The van der Waals surface area contributed by atoms with Crippen LogP contribution in [0.2, 0.25) is 5.02 Å². The van der Waals surface area contributed by atoms with Crippen LogP contribution in [0.25, 0.3) is 0 Å². The summed E-state index contributed by atoms with van der Waals surface area (Å²) >= 11 is 8.57. The van der Waals surface area contributed by atoms with E-state index in [1.165, 1.54) is 0 Å². The molecule has 0 aliphatic heterocycles. The number of hydrogen-bond acceptors (Lipinski definition) is 3. The largest absolute Gasteiger partial charge is 0.468 e. The Morgan fingerprint density at radius 1 is 1.59 bits per heavy atom. The minimum atomic E-state index is -4.53. The van der Waals surface area contributed by atoms with Crippen molar-refractivity contribution in [2.45, 2.75) is 11.0 Å². The second-order valence-corrected chi connectivity index (χ2v) is 4.30. The van der Waals surface area contributed by atoms with Gasteiger partial charge in [-0.25, -0.2) is 0 Å². The third-order valence-corrected chi connectivity index (χ3v) is 2.96. The van der Waals surface area contributed by atoms with Crippen LogP contribution < -0.4 is 0 Å². The van der Waals surface area contributed by atoms with E-state index in [1.807, 2.05) is 0 Å². The van der Waals surface area contributed by atoms with Crippen LogP contribution in [0.15, 0.2) is 12.3 Å². The Balaban J connectivity index is 3.10. The van der Waals surface area contributed by atoms with Crippen molar-refractivity contribution < 1.29 is 22.7 Å². The summed E-state index contributed by atoms with van der Waals surface area (Å²) in [5.41, 5.74) is -0.998. The summed E-state index contributed by atoms with van der Waals surface area (Å²) in [5.74, 6) is -0.695. The second-order valence-electron chi connectivity index (χ2n) is 2.97. The highest BCUT2D eigenvalue weighted by Crippen LogP contribution is 2.34. The third kappa shape index (κ3) is 3.32. The summed E-state index contributed by atoms with van der Waals surface area (Å²) in [7, 11) is 1.15. The highest BCUT2D eigenvalue weighted by Gasteiger charge is 2.32. The number of halogens is 5. The number of ether oxygens (including phenoxy) is 1. The van der Waals surface area contributed by atoms with Crippen molar-refractivity contribution in [1.82, 2.24) is 4.98 Å². The number of rotatable bonds is 2. The van der Waals surface area contributed by atoms with Gasteiger partial charge in [0.1, 0.15) is 0 Å². The predicted octanol–water partition coefficient (Wildman–Crippen LogP) is 3.36. The maximum atomic E-state index is 12.3. The average Bonchev–Trinajstić information content (AvgIpc) is 2.25. The lowest BCUT2D eigenvalue weighted by atomic mass is 10.2. The van der Waals surface area contributed by atoms with E-state index in [9.17, 15) is 18.0 Å². The summed E-state index contributed by atoms with van der Waals surface area (Å²) in [6.45, 7) is 0. The first-order chi connectivity index (χ1) is 7.77. The molecule has 1 atom stereocenters. The number of pyridine rings is 1. The van der Waals surface area contributed by atoms with Crippen LogP contribution in [0.3, 0.4) is 0 Å². The van der Waals surface area contributed by atoms with Gasteiger partial charge in [0, 0.05) is 6.20 Å². The van der Waals surface area contributed by atoms with Gasteiger partial charge in [0.15, 0.2) is 4.83 Å². The van der Waals surface area contributed by atoms with Gasteiger partial charge in [-0.15, -0.1) is 0 Å². The summed E-state index contributed by atoms with van der Waals surface area (Å²) < 4.78 is 41.4. The molecule has 0 aliphatic rings. The van der Waals surface area contributed by atoms with Crippen LogP contribution in [0.1, 0.15) is 16.1 Å². The zero-order valence-electron chi connectivity index (χ0n) is 8.39. The Morgan fingerprint density at radius 2 is 2.18 bits per heavy atom. The van der Waals surface area contributed by atoms with E-state index in [0.29, 0.717) is 12.3 Å². The molecule has 0 fully saturated rings. The average molecular weight is 333 g/mol. The number of carbonyl (C=O) groups is 1. The Labute approximate surface area is 108 Å². The molecule has 1 rings (SSSR count). The molecule has 1 aromatic heterocycles. The molecule has 0 aromatic carbocycles. The SMILES string of the molecule is COC(=O)C(Br)c1ncc(C(F)(F)F)cc1Cl. The zero-order valence-corrected chi connectivity index (χ0v) is 10.7. The van der Waals surface area contributed by atoms with Gasteiger partial charge in [-0.05, 0) is 6.07 Å². The zero-order chi connectivity index (χ0) is 13.2. The van der Waals surface area contributed by atoms with E-state index < -0.39 is 22.5 Å². The second kappa shape index (κ2) is 5.22. The number of alkyl halides is 4. The van der Waals surface area contributed by atoms with Crippen molar-refractivity contribution in [3.63, 3.8) is 0 Å². The molecule has 0 aliphatic carbocycles. The van der Waals surface area contributed by atoms with Crippen LogP contribution in [0, 0.1) is 0 Å². The van der Waals surface area contributed by atoms with Gasteiger partial charge in [0.2, 0.25) is 0 Å². The number of nitrogens with zero attached hydrogens (tertiary/aromatic N) is 1. The predicted molar refractivity (Wildman–Crippen MR) is 57.9 cm³/mol. The van der Waals surface area contributed by atoms with Crippen LogP contribution in [0.5, 0.6) is 0 Å². The first-order valence-corrected chi connectivity index (χ1v) is 5.51. The summed E-state index contributed by atoms with van der Waals surface area (Å²) in [4.78, 5) is 13.7. The van der Waals surface area contributed by atoms with Crippen LogP contribution in [-0.4, -0.2) is 18.1 Å². The van der Waals surface area contributed by atoms with Gasteiger partial charge < -0.3 is 4.74 Å². The first-order valence-electron chi connectivity index (χ1n) is 4.22. The summed E-state index contributed by atoms with van der Waals surface area (Å²) in [5, 5.41) is -0.257. The van der Waals surface area contributed by atoms with Gasteiger partial charge >= 0.3 is 12.1 Å². The molecule has 0 spiro atoms. The quantitative estimate of drug-likeness (QED) is 0.616. The maximum absolute atomic E-state index is 12.3. The first kappa shape index (κ1) is 14.2. The van der Waals surface area contributed by atoms with Gasteiger partial charge in [-0.2, -0.15) is 13.2 Å². The molecule has 94 valence electrons. The number of carbonyl (C=O) groups excluding carboxylic acids is 1. The molecule has 0 bridgehead atoms. The molecule has 0 saturated heterocycles. The molecule has 1 aromatic rings. The minimum absolute atomic E-state index is 0.0217. The van der Waals surface area contributed by atoms with Gasteiger partial charge in [0.25, 0.3) is 0 Å². The van der Waals surface area contributed by atoms with E-state index in [4.69, 9.17) is 11.6 Å². The fourth-order valence-electron chi connectivity index (χ4n) is 1.01.